The van der Waals surface area contributed by atoms with E-state index < -0.39 is 7.58 Å². The average molecular weight is 364 g/mol. The molecule has 0 saturated carbocycles. The molecular formula is C19H25O3PS. The van der Waals surface area contributed by atoms with Crippen LogP contribution in [0.5, 0.6) is 5.75 Å². The highest BCUT2D eigenvalue weighted by Crippen LogP contribution is 2.37. The Bertz CT molecular complexity index is 691. The van der Waals surface area contributed by atoms with Crippen LogP contribution in [-0.4, -0.2) is 10.00 Å². The molecule has 0 aliphatic heterocycles. The lowest BCUT2D eigenvalue weighted by molar-refractivity contribution is 0.312. The lowest BCUT2D eigenvalue weighted by atomic mass is 9.92. The maximum absolute atomic E-state index is 9.98. The van der Waals surface area contributed by atoms with Crippen molar-refractivity contribution in [3.8, 4) is 5.75 Å². The molecule has 2 aromatic rings. The third kappa shape index (κ3) is 4.97. The van der Waals surface area contributed by atoms with Gasteiger partial charge in [0, 0.05) is 0 Å². The molecule has 1 unspecified atom stereocenters. The Kier molecular flexibility index (Phi) is 6.70. The maximum atomic E-state index is 9.98. The Morgan fingerprint density at radius 2 is 1.71 bits per heavy atom. The van der Waals surface area contributed by atoms with E-state index >= 15 is 0 Å². The molecule has 0 heterocycles. The van der Waals surface area contributed by atoms with Gasteiger partial charge in [-0.1, -0.05) is 50.4 Å². The van der Waals surface area contributed by atoms with E-state index in [0.29, 0.717) is 18.3 Å². The third-order valence-electron chi connectivity index (χ3n) is 4.20. The second-order valence-electron chi connectivity index (χ2n) is 6.46. The van der Waals surface area contributed by atoms with Crippen molar-refractivity contribution in [3.05, 3.63) is 63.7 Å². The number of rotatable bonds is 6. The van der Waals surface area contributed by atoms with Gasteiger partial charge in [0.1, 0.15) is 5.75 Å². The predicted octanol–water partition coefficient (Wildman–Crippen LogP) is 5.39. The number of phenols is 1. The highest BCUT2D eigenvalue weighted by atomic mass is 32.7. The van der Waals surface area contributed by atoms with Crippen LogP contribution in [0, 0.1) is 13.8 Å². The molecule has 5 heteroatoms. The lowest BCUT2D eigenvalue weighted by Crippen LogP contribution is -2.00. The minimum Gasteiger partial charge on any atom is -0.508 e. The summed E-state index contributed by atoms with van der Waals surface area (Å²) < 4.78 is 5.21. The number of benzene rings is 2. The molecule has 130 valence electrons. The average Bonchev–Trinajstić information content (AvgIpc) is 2.50. The first kappa shape index (κ1) is 19.3. The first-order valence-corrected chi connectivity index (χ1v) is 10.4. The van der Waals surface area contributed by atoms with Gasteiger partial charge in [-0.05, 0) is 65.6 Å². The zero-order chi connectivity index (χ0) is 17.9. The zero-order valence-corrected chi connectivity index (χ0v) is 16.4. The lowest BCUT2D eigenvalue weighted by Gasteiger charge is -2.15. The van der Waals surface area contributed by atoms with E-state index in [1.807, 2.05) is 6.07 Å². The van der Waals surface area contributed by atoms with E-state index in [9.17, 15) is 10.00 Å². The standard InChI is InChI=1S/C19H25O3PS/c1-12(2)17-9-15(5-6-19(17)20)10-18-13(3)7-16(8-14(18)4)11-22-23(21)24/h5-9,12,20-21,24H,10-11H2,1-4H3. The largest absolute Gasteiger partial charge is 0.508 e. The molecule has 0 amide bonds. The molecule has 0 fully saturated rings. The number of aryl methyl sites for hydroxylation is 2. The summed E-state index contributed by atoms with van der Waals surface area (Å²) in [7, 11) is -1.63. The minimum absolute atomic E-state index is 0.293. The molecule has 0 saturated heterocycles. The summed E-state index contributed by atoms with van der Waals surface area (Å²) in [5.74, 6) is 0.656. The number of hydrogen-bond acceptors (Lipinski definition) is 4. The molecule has 0 aliphatic rings. The summed E-state index contributed by atoms with van der Waals surface area (Å²) >= 11 is 3.88. The van der Waals surface area contributed by atoms with Crippen molar-refractivity contribution in [2.75, 3.05) is 0 Å². The zero-order valence-electron chi connectivity index (χ0n) is 14.6. The van der Waals surface area contributed by atoms with Crippen molar-refractivity contribution in [2.45, 2.75) is 46.6 Å². The fraction of sp³-hybridized carbons (Fsp3) is 0.368. The van der Waals surface area contributed by atoms with Gasteiger partial charge in [0.05, 0.1) is 6.61 Å². The van der Waals surface area contributed by atoms with Gasteiger partial charge in [0.25, 0.3) is 0 Å². The Morgan fingerprint density at radius 3 is 2.25 bits per heavy atom. The topological polar surface area (TPSA) is 49.7 Å². The summed E-state index contributed by atoms with van der Waals surface area (Å²) in [5.41, 5.74) is 6.91. The summed E-state index contributed by atoms with van der Waals surface area (Å²) in [5, 5.41) is 9.98. The van der Waals surface area contributed by atoms with Gasteiger partial charge >= 0.3 is 0 Å². The van der Waals surface area contributed by atoms with Crippen molar-refractivity contribution in [2.24, 2.45) is 0 Å². The molecule has 2 N–H and O–H groups in total. The first-order valence-electron chi connectivity index (χ1n) is 7.99. The van der Waals surface area contributed by atoms with E-state index in [-0.39, 0.29) is 0 Å². The maximum Gasteiger partial charge on any atom is 0.232 e. The van der Waals surface area contributed by atoms with Crippen LogP contribution in [0.15, 0.2) is 30.3 Å². The van der Waals surface area contributed by atoms with Gasteiger partial charge in [-0.15, -0.1) is 0 Å². The van der Waals surface area contributed by atoms with Gasteiger partial charge in [-0.3, -0.25) is 0 Å². The normalized spacial score (nSPS) is 12.6. The Labute approximate surface area is 150 Å². The number of phenolic OH excluding ortho intramolecular Hbond substituents is 1. The Balaban J connectivity index is 2.25. The number of thiol groups is 1. The highest BCUT2D eigenvalue weighted by Gasteiger charge is 2.11. The van der Waals surface area contributed by atoms with Crippen molar-refractivity contribution >= 4 is 19.8 Å². The number of hydrogen-bond donors (Lipinski definition) is 3. The summed E-state index contributed by atoms with van der Waals surface area (Å²) in [6.07, 6.45) is 0.831. The van der Waals surface area contributed by atoms with E-state index in [1.54, 1.807) is 6.07 Å². The van der Waals surface area contributed by atoms with Crippen LogP contribution < -0.4 is 0 Å². The van der Waals surface area contributed by atoms with E-state index in [4.69, 9.17) is 4.52 Å². The molecule has 0 spiro atoms. The van der Waals surface area contributed by atoms with E-state index in [0.717, 1.165) is 17.5 Å². The molecule has 1 atom stereocenters. The molecule has 0 radical (unpaired) electrons. The second-order valence-corrected chi connectivity index (χ2v) is 8.25. The molecule has 2 aromatic carbocycles. The number of aromatic hydroxyl groups is 1. The first-order chi connectivity index (χ1) is 11.3. The van der Waals surface area contributed by atoms with Gasteiger partial charge in [-0.2, -0.15) is 0 Å². The van der Waals surface area contributed by atoms with E-state index in [2.05, 4.69) is 58.1 Å². The van der Waals surface area contributed by atoms with Gasteiger partial charge in [-0.25, -0.2) is 0 Å². The van der Waals surface area contributed by atoms with Gasteiger partial charge in [0.2, 0.25) is 7.58 Å². The van der Waals surface area contributed by atoms with Crippen molar-refractivity contribution in [1.82, 2.24) is 0 Å². The van der Waals surface area contributed by atoms with Gasteiger partial charge in [0.15, 0.2) is 0 Å². The summed E-state index contributed by atoms with van der Waals surface area (Å²) in [6.45, 7) is 8.73. The summed E-state index contributed by atoms with van der Waals surface area (Å²) in [6, 6.07) is 10.1. The van der Waals surface area contributed by atoms with E-state index in [1.165, 1.54) is 22.3 Å². The van der Waals surface area contributed by atoms with Crippen LogP contribution in [0.25, 0.3) is 0 Å². The molecule has 0 bridgehead atoms. The molecule has 0 aromatic heterocycles. The van der Waals surface area contributed by atoms with Crippen molar-refractivity contribution in [3.63, 3.8) is 0 Å². The van der Waals surface area contributed by atoms with Crippen LogP contribution in [0.4, 0.5) is 0 Å². The minimum atomic E-state index is -1.63. The highest BCUT2D eigenvalue weighted by molar-refractivity contribution is 8.41. The van der Waals surface area contributed by atoms with Crippen LogP contribution in [-0.2, 0) is 17.6 Å². The second kappa shape index (κ2) is 8.35. The molecule has 24 heavy (non-hydrogen) atoms. The van der Waals surface area contributed by atoms with Crippen LogP contribution >= 0.6 is 19.8 Å². The van der Waals surface area contributed by atoms with Crippen LogP contribution in [0.3, 0.4) is 0 Å². The molecule has 2 rings (SSSR count). The SMILES string of the molecule is Cc1cc(COP(O)S)cc(C)c1Cc1ccc(O)c(C(C)C)c1. The fourth-order valence-corrected chi connectivity index (χ4v) is 3.40. The van der Waals surface area contributed by atoms with Gasteiger partial charge < -0.3 is 14.5 Å². The third-order valence-corrected chi connectivity index (χ3v) is 4.90. The quantitative estimate of drug-likeness (QED) is 0.476. The fourth-order valence-electron chi connectivity index (χ4n) is 2.96. The molecule has 3 nitrogen and oxygen atoms in total. The Hall–Kier alpha value is -1.06. The molecule has 0 aliphatic carbocycles. The summed E-state index contributed by atoms with van der Waals surface area (Å²) in [4.78, 5) is 9.18. The molecular weight excluding hydrogens is 339 g/mol. The van der Waals surface area contributed by atoms with Crippen molar-refractivity contribution < 1.29 is 14.5 Å². The Morgan fingerprint density at radius 1 is 1.08 bits per heavy atom. The monoisotopic (exact) mass is 364 g/mol. The van der Waals surface area contributed by atoms with Crippen LogP contribution in [0.1, 0.15) is 53.1 Å². The van der Waals surface area contributed by atoms with Crippen molar-refractivity contribution in [1.29, 1.82) is 0 Å². The van der Waals surface area contributed by atoms with Crippen LogP contribution in [0.2, 0.25) is 0 Å². The smallest absolute Gasteiger partial charge is 0.232 e. The predicted molar refractivity (Wildman–Crippen MR) is 104 cm³/mol.